The molecule has 0 unspecified atom stereocenters. The molecule has 1 aromatic heterocycles. The van der Waals surface area contributed by atoms with Crippen LogP contribution in [0.4, 0.5) is 0 Å². The zero-order chi connectivity index (χ0) is 8.10. The highest BCUT2D eigenvalue weighted by molar-refractivity contribution is 5.85. The molecule has 0 saturated carbocycles. The minimum Gasteiger partial charge on any atom is -0.395 e. The van der Waals surface area contributed by atoms with Gasteiger partial charge in [-0.25, -0.2) is 0 Å². The average Bonchev–Trinajstić information content (AvgIpc) is 2.06. The van der Waals surface area contributed by atoms with Crippen LogP contribution in [-0.4, -0.2) is 22.7 Å². The number of hydrogen-bond donors (Lipinski definition) is 2. The first-order valence-corrected chi connectivity index (χ1v) is 3.59. The van der Waals surface area contributed by atoms with Crippen LogP contribution in [0.1, 0.15) is 5.69 Å². The fourth-order valence-corrected chi connectivity index (χ4v) is 0.852. The van der Waals surface area contributed by atoms with E-state index in [1.807, 2.05) is 18.2 Å². The summed E-state index contributed by atoms with van der Waals surface area (Å²) < 4.78 is 0. The van der Waals surface area contributed by atoms with Gasteiger partial charge >= 0.3 is 0 Å². The van der Waals surface area contributed by atoms with E-state index in [-0.39, 0.29) is 25.1 Å². The van der Waals surface area contributed by atoms with Crippen molar-refractivity contribution in [2.75, 3.05) is 6.61 Å². The fraction of sp³-hybridized carbons (Fsp3) is 0.375. The second kappa shape index (κ2) is 5.94. The van der Waals surface area contributed by atoms with E-state index in [1.165, 1.54) is 0 Å². The molecule has 1 atom stereocenters. The lowest BCUT2D eigenvalue weighted by molar-refractivity contribution is 0.264. The largest absolute Gasteiger partial charge is 0.395 e. The summed E-state index contributed by atoms with van der Waals surface area (Å²) in [6.45, 7) is 0.0105. The molecule has 0 radical (unpaired) electrons. The van der Waals surface area contributed by atoms with Gasteiger partial charge < -0.3 is 10.8 Å². The zero-order valence-corrected chi connectivity index (χ0v) is 7.50. The van der Waals surface area contributed by atoms with Crippen molar-refractivity contribution in [3.63, 3.8) is 0 Å². The Bertz CT molecular complexity index is 205. The van der Waals surface area contributed by atoms with Crippen LogP contribution in [0.3, 0.4) is 0 Å². The van der Waals surface area contributed by atoms with E-state index < -0.39 is 0 Å². The Labute approximate surface area is 78.0 Å². The number of nitrogens with zero attached hydrogens (tertiary/aromatic N) is 1. The highest BCUT2D eigenvalue weighted by Gasteiger charge is 2.01. The van der Waals surface area contributed by atoms with Crippen LogP contribution in [0.2, 0.25) is 0 Å². The van der Waals surface area contributed by atoms with E-state index >= 15 is 0 Å². The Kier molecular flexibility index (Phi) is 5.62. The molecule has 1 aromatic rings. The molecule has 12 heavy (non-hydrogen) atoms. The molecular weight excluding hydrogens is 176 g/mol. The van der Waals surface area contributed by atoms with Gasteiger partial charge in [0.2, 0.25) is 0 Å². The molecule has 1 rings (SSSR count). The summed E-state index contributed by atoms with van der Waals surface area (Å²) in [5.41, 5.74) is 6.44. The van der Waals surface area contributed by atoms with E-state index in [9.17, 15) is 0 Å². The van der Waals surface area contributed by atoms with Gasteiger partial charge in [-0.1, -0.05) is 6.07 Å². The van der Waals surface area contributed by atoms with Crippen LogP contribution in [0.25, 0.3) is 0 Å². The van der Waals surface area contributed by atoms with Crippen molar-refractivity contribution < 1.29 is 5.11 Å². The number of halogens is 1. The van der Waals surface area contributed by atoms with Gasteiger partial charge in [0.05, 0.1) is 6.61 Å². The monoisotopic (exact) mass is 188 g/mol. The Balaban J connectivity index is 0.00000121. The van der Waals surface area contributed by atoms with Crippen molar-refractivity contribution in [2.24, 2.45) is 5.73 Å². The van der Waals surface area contributed by atoms with Gasteiger partial charge in [0, 0.05) is 24.4 Å². The smallest absolute Gasteiger partial charge is 0.0586 e. The van der Waals surface area contributed by atoms with Crippen molar-refractivity contribution in [2.45, 2.75) is 12.5 Å². The van der Waals surface area contributed by atoms with Crippen molar-refractivity contribution in [3.8, 4) is 0 Å². The van der Waals surface area contributed by atoms with Crippen LogP contribution in [0.15, 0.2) is 24.4 Å². The molecule has 0 amide bonds. The Morgan fingerprint density at radius 1 is 1.50 bits per heavy atom. The normalized spacial score (nSPS) is 11.8. The van der Waals surface area contributed by atoms with Gasteiger partial charge in [0.25, 0.3) is 0 Å². The quantitative estimate of drug-likeness (QED) is 0.721. The summed E-state index contributed by atoms with van der Waals surface area (Å²) in [4.78, 5) is 4.08. The lowest BCUT2D eigenvalue weighted by atomic mass is 10.2. The first-order chi connectivity index (χ1) is 5.33. The fourth-order valence-electron chi connectivity index (χ4n) is 0.852. The summed E-state index contributed by atoms with van der Waals surface area (Å²) in [6, 6.07) is 5.47. The summed E-state index contributed by atoms with van der Waals surface area (Å²) >= 11 is 0. The minimum atomic E-state index is -0.190. The maximum Gasteiger partial charge on any atom is 0.0586 e. The number of aliphatic hydroxyl groups is 1. The second-order valence-corrected chi connectivity index (χ2v) is 2.47. The van der Waals surface area contributed by atoms with E-state index in [2.05, 4.69) is 4.98 Å². The third-order valence-corrected chi connectivity index (χ3v) is 1.43. The Hall–Kier alpha value is -0.640. The number of hydrogen-bond acceptors (Lipinski definition) is 3. The predicted molar refractivity (Wildman–Crippen MR) is 50.3 cm³/mol. The third-order valence-electron chi connectivity index (χ3n) is 1.43. The van der Waals surface area contributed by atoms with Crippen molar-refractivity contribution in [3.05, 3.63) is 30.1 Å². The molecule has 4 heteroatoms. The van der Waals surface area contributed by atoms with E-state index in [4.69, 9.17) is 10.8 Å². The molecule has 0 aliphatic rings. The van der Waals surface area contributed by atoms with Crippen molar-refractivity contribution >= 4 is 12.4 Å². The van der Waals surface area contributed by atoms with Crippen LogP contribution in [-0.2, 0) is 6.42 Å². The number of rotatable bonds is 3. The van der Waals surface area contributed by atoms with Gasteiger partial charge in [-0.15, -0.1) is 12.4 Å². The van der Waals surface area contributed by atoms with E-state index in [0.717, 1.165) is 5.69 Å². The van der Waals surface area contributed by atoms with Crippen LogP contribution >= 0.6 is 12.4 Å². The van der Waals surface area contributed by atoms with E-state index in [0.29, 0.717) is 6.42 Å². The SMILES string of the molecule is Cl.N[C@H](CO)Cc1ccccn1. The maximum absolute atomic E-state index is 8.64. The molecule has 68 valence electrons. The predicted octanol–water partition coefficient (Wildman–Crippen LogP) is 0.365. The molecule has 0 bridgehead atoms. The molecule has 3 N–H and O–H groups in total. The molecule has 0 aliphatic heterocycles. The Morgan fingerprint density at radius 3 is 2.75 bits per heavy atom. The highest BCUT2D eigenvalue weighted by atomic mass is 35.5. The van der Waals surface area contributed by atoms with E-state index in [1.54, 1.807) is 6.20 Å². The molecule has 0 saturated heterocycles. The van der Waals surface area contributed by atoms with Crippen LogP contribution in [0.5, 0.6) is 0 Å². The molecule has 0 aliphatic carbocycles. The van der Waals surface area contributed by atoms with Gasteiger partial charge in [0.15, 0.2) is 0 Å². The number of nitrogens with two attached hydrogens (primary N) is 1. The summed E-state index contributed by atoms with van der Waals surface area (Å²) in [5.74, 6) is 0. The molecule has 0 aromatic carbocycles. The summed E-state index contributed by atoms with van der Waals surface area (Å²) in [6.07, 6.45) is 2.36. The van der Waals surface area contributed by atoms with Gasteiger partial charge in [-0.3, -0.25) is 4.98 Å². The topological polar surface area (TPSA) is 59.1 Å². The first kappa shape index (κ1) is 11.4. The number of aliphatic hydroxyl groups excluding tert-OH is 1. The Morgan fingerprint density at radius 2 is 2.25 bits per heavy atom. The molecule has 3 nitrogen and oxygen atoms in total. The second-order valence-electron chi connectivity index (χ2n) is 2.47. The van der Waals surface area contributed by atoms with Gasteiger partial charge in [-0.2, -0.15) is 0 Å². The first-order valence-electron chi connectivity index (χ1n) is 3.59. The average molecular weight is 189 g/mol. The van der Waals surface area contributed by atoms with Crippen LogP contribution < -0.4 is 5.73 Å². The highest BCUT2D eigenvalue weighted by Crippen LogP contribution is 1.96. The lowest BCUT2D eigenvalue weighted by Gasteiger charge is -2.05. The summed E-state index contributed by atoms with van der Waals surface area (Å²) in [5, 5.41) is 8.64. The van der Waals surface area contributed by atoms with Crippen molar-refractivity contribution in [1.29, 1.82) is 0 Å². The van der Waals surface area contributed by atoms with Gasteiger partial charge in [-0.05, 0) is 12.1 Å². The third kappa shape index (κ3) is 3.67. The maximum atomic E-state index is 8.64. The number of aromatic nitrogens is 1. The van der Waals surface area contributed by atoms with Crippen LogP contribution in [0, 0.1) is 0 Å². The minimum absolute atomic E-state index is 0. The lowest BCUT2D eigenvalue weighted by Crippen LogP contribution is -2.27. The molecule has 1 heterocycles. The van der Waals surface area contributed by atoms with Gasteiger partial charge in [0.1, 0.15) is 0 Å². The van der Waals surface area contributed by atoms with Crippen molar-refractivity contribution in [1.82, 2.24) is 4.98 Å². The molecular formula is C8H13ClN2O. The number of pyridine rings is 1. The molecule has 0 fully saturated rings. The summed E-state index contributed by atoms with van der Waals surface area (Å²) in [7, 11) is 0. The standard InChI is InChI=1S/C8H12N2O.ClH/c9-7(6-11)5-8-3-1-2-4-10-8;/h1-4,7,11H,5-6,9H2;1H/t7-;/m0./s1. The molecule has 0 spiro atoms. The zero-order valence-electron chi connectivity index (χ0n) is 6.68.